The molecule has 0 atom stereocenters. The van der Waals surface area contributed by atoms with Gasteiger partial charge in [-0.15, -0.1) is 0 Å². The molecule has 6 nitrogen and oxygen atoms in total. The molecule has 2 aromatic rings. The summed E-state index contributed by atoms with van der Waals surface area (Å²) in [5.74, 6) is -0.0986. The Kier molecular flexibility index (Phi) is 6.36. The van der Waals surface area contributed by atoms with Crippen LogP contribution in [0.5, 0.6) is 0 Å². The number of carbonyl (C=O) groups excluding carboxylic acids is 1. The zero-order chi connectivity index (χ0) is 19.3. The molecule has 0 saturated heterocycles. The molecule has 0 aliphatic carbocycles. The molecule has 26 heavy (non-hydrogen) atoms. The Morgan fingerprint density at radius 2 is 1.96 bits per heavy atom. The average molecular weight is 369 g/mol. The van der Waals surface area contributed by atoms with E-state index in [9.17, 15) is 18.0 Å². The lowest BCUT2D eigenvalue weighted by Gasteiger charge is -2.13. The third kappa shape index (κ3) is 4.60. The monoisotopic (exact) mass is 369 g/mol. The van der Waals surface area contributed by atoms with Crippen molar-refractivity contribution in [1.29, 1.82) is 0 Å². The van der Waals surface area contributed by atoms with E-state index in [1.807, 2.05) is 20.9 Å². The summed E-state index contributed by atoms with van der Waals surface area (Å²) in [5.41, 5.74) is 0.163. The van der Waals surface area contributed by atoms with Gasteiger partial charge in [-0.25, -0.2) is 9.67 Å². The molecular weight excluding hydrogens is 347 g/mol. The molecule has 142 valence electrons. The molecule has 1 amide bonds. The fourth-order valence-corrected chi connectivity index (χ4v) is 2.51. The van der Waals surface area contributed by atoms with Crippen LogP contribution in [-0.4, -0.2) is 40.8 Å². The van der Waals surface area contributed by atoms with Gasteiger partial charge in [0.25, 0.3) is 5.91 Å². The second-order valence-corrected chi connectivity index (χ2v) is 6.13. The fourth-order valence-electron chi connectivity index (χ4n) is 2.51. The lowest BCUT2D eigenvalue weighted by atomic mass is 10.1. The molecule has 0 aromatic carbocycles. The van der Waals surface area contributed by atoms with Crippen molar-refractivity contribution in [2.45, 2.75) is 32.4 Å². The lowest BCUT2D eigenvalue weighted by Crippen LogP contribution is -2.27. The highest BCUT2D eigenvalue weighted by Gasteiger charge is 2.31. The van der Waals surface area contributed by atoms with E-state index in [1.165, 1.54) is 16.9 Å². The summed E-state index contributed by atoms with van der Waals surface area (Å²) in [5, 5.41) is 9.98. The van der Waals surface area contributed by atoms with Gasteiger partial charge >= 0.3 is 6.18 Å². The van der Waals surface area contributed by atoms with Gasteiger partial charge in [0.15, 0.2) is 5.82 Å². The molecule has 2 heterocycles. The molecule has 0 bridgehead atoms. The Hall–Kier alpha value is -2.42. The van der Waals surface area contributed by atoms with Crippen LogP contribution in [-0.2, 0) is 6.18 Å². The summed E-state index contributed by atoms with van der Waals surface area (Å²) < 4.78 is 39.5. The number of hydrogen-bond donors (Lipinski definition) is 2. The van der Waals surface area contributed by atoms with Crippen molar-refractivity contribution in [2.75, 3.05) is 20.1 Å². The number of aromatic nitrogens is 3. The number of nitrogens with zero attached hydrogens (tertiary/aromatic N) is 3. The lowest BCUT2D eigenvalue weighted by molar-refractivity contribution is -0.137. The molecule has 2 N–H and O–H groups in total. The molecule has 0 spiro atoms. The summed E-state index contributed by atoms with van der Waals surface area (Å²) in [6.45, 7) is 5.07. The largest absolute Gasteiger partial charge is 0.417 e. The molecule has 0 aliphatic rings. The number of rotatable bonds is 7. The topological polar surface area (TPSA) is 71.8 Å². The normalized spacial score (nSPS) is 11.8. The maximum absolute atomic E-state index is 12.7. The Labute approximate surface area is 149 Å². The maximum atomic E-state index is 12.7. The maximum Gasteiger partial charge on any atom is 0.417 e. The van der Waals surface area contributed by atoms with Gasteiger partial charge < -0.3 is 10.6 Å². The van der Waals surface area contributed by atoms with E-state index in [2.05, 4.69) is 20.7 Å². The van der Waals surface area contributed by atoms with Crippen LogP contribution in [0, 0.1) is 0 Å². The van der Waals surface area contributed by atoms with Crippen molar-refractivity contribution in [1.82, 2.24) is 25.4 Å². The quantitative estimate of drug-likeness (QED) is 0.736. The van der Waals surface area contributed by atoms with Crippen LogP contribution in [0.3, 0.4) is 0 Å². The highest BCUT2D eigenvalue weighted by atomic mass is 19.4. The molecule has 0 saturated carbocycles. The average Bonchev–Trinajstić information content (AvgIpc) is 3.03. The smallest absolute Gasteiger partial charge is 0.352 e. The first-order chi connectivity index (χ1) is 12.3. The van der Waals surface area contributed by atoms with Gasteiger partial charge in [0.1, 0.15) is 0 Å². The van der Waals surface area contributed by atoms with Crippen LogP contribution in [0.4, 0.5) is 13.2 Å². The van der Waals surface area contributed by atoms with Crippen LogP contribution in [0.25, 0.3) is 5.82 Å². The zero-order valence-electron chi connectivity index (χ0n) is 14.9. The van der Waals surface area contributed by atoms with Crippen molar-refractivity contribution < 1.29 is 18.0 Å². The van der Waals surface area contributed by atoms with Crippen molar-refractivity contribution >= 4 is 5.91 Å². The summed E-state index contributed by atoms with van der Waals surface area (Å²) >= 11 is 0. The van der Waals surface area contributed by atoms with Crippen molar-refractivity contribution in [3.8, 4) is 5.82 Å². The SMILES string of the molecule is CNCCCNC(=O)c1cnn(-c2ccc(C(F)(F)F)cn2)c1C(C)C. The van der Waals surface area contributed by atoms with E-state index in [0.29, 0.717) is 17.8 Å². The van der Waals surface area contributed by atoms with E-state index in [4.69, 9.17) is 0 Å². The first-order valence-corrected chi connectivity index (χ1v) is 8.30. The molecule has 0 fully saturated rings. The minimum absolute atomic E-state index is 0.0698. The van der Waals surface area contributed by atoms with Gasteiger partial charge in [-0.3, -0.25) is 4.79 Å². The molecule has 2 aromatic heterocycles. The zero-order valence-corrected chi connectivity index (χ0v) is 14.9. The fraction of sp³-hybridized carbons (Fsp3) is 0.471. The van der Waals surface area contributed by atoms with Gasteiger partial charge in [0.2, 0.25) is 0 Å². The number of alkyl halides is 3. The standard InChI is InChI=1S/C17H22F3N5O/c1-11(2)15-13(16(26)22-8-4-7-21-3)10-24-25(15)14-6-5-12(9-23-14)17(18,19)20/h5-6,9-11,21H,4,7-8H2,1-3H3,(H,22,26). The van der Waals surface area contributed by atoms with Crippen LogP contribution in [0.1, 0.15) is 47.8 Å². The molecule has 0 aliphatic heterocycles. The second-order valence-electron chi connectivity index (χ2n) is 6.13. The number of hydrogen-bond acceptors (Lipinski definition) is 4. The molecule has 0 radical (unpaired) electrons. The van der Waals surface area contributed by atoms with Crippen molar-refractivity contribution in [2.24, 2.45) is 0 Å². The first-order valence-electron chi connectivity index (χ1n) is 8.30. The van der Waals surface area contributed by atoms with Gasteiger partial charge in [-0.05, 0) is 38.1 Å². The highest BCUT2D eigenvalue weighted by molar-refractivity contribution is 5.95. The van der Waals surface area contributed by atoms with Gasteiger partial charge in [0, 0.05) is 12.7 Å². The summed E-state index contributed by atoms with van der Waals surface area (Å²) in [4.78, 5) is 16.3. The van der Waals surface area contributed by atoms with Gasteiger partial charge in [-0.1, -0.05) is 13.8 Å². The predicted octanol–water partition coefficient (Wildman–Crippen LogP) is 2.75. The van der Waals surface area contributed by atoms with E-state index >= 15 is 0 Å². The van der Waals surface area contributed by atoms with E-state index in [-0.39, 0.29) is 17.6 Å². The number of nitrogens with one attached hydrogen (secondary N) is 2. The molecule has 9 heteroatoms. The number of halogens is 3. The van der Waals surface area contributed by atoms with E-state index in [1.54, 1.807) is 0 Å². The Morgan fingerprint density at radius 3 is 2.50 bits per heavy atom. The van der Waals surface area contributed by atoms with Gasteiger partial charge in [0.05, 0.1) is 23.0 Å². The molecular formula is C17H22F3N5O. The highest BCUT2D eigenvalue weighted by Crippen LogP contribution is 2.29. The van der Waals surface area contributed by atoms with Crippen LogP contribution in [0.15, 0.2) is 24.5 Å². The van der Waals surface area contributed by atoms with Crippen LogP contribution < -0.4 is 10.6 Å². The van der Waals surface area contributed by atoms with Crippen LogP contribution in [0.2, 0.25) is 0 Å². The number of carbonyl (C=O) groups is 1. The minimum Gasteiger partial charge on any atom is -0.352 e. The van der Waals surface area contributed by atoms with Crippen molar-refractivity contribution in [3.63, 3.8) is 0 Å². The van der Waals surface area contributed by atoms with Crippen molar-refractivity contribution in [3.05, 3.63) is 41.3 Å². The third-order valence-electron chi connectivity index (χ3n) is 3.78. The van der Waals surface area contributed by atoms with Gasteiger partial charge in [-0.2, -0.15) is 18.3 Å². The van der Waals surface area contributed by atoms with E-state index in [0.717, 1.165) is 25.2 Å². The summed E-state index contributed by atoms with van der Waals surface area (Å²) in [6, 6.07) is 2.20. The summed E-state index contributed by atoms with van der Waals surface area (Å²) in [7, 11) is 1.83. The Balaban J connectivity index is 2.27. The summed E-state index contributed by atoms with van der Waals surface area (Å²) in [6.07, 6.45) is -1.48. The third-order valence-corrected chi connectivity index (χ3v) is 3.78. The van der Waals surface area contributed by atoms with E-state index < -0.39 is 11.7 Å². The number of amides is 1. The minimum atomic E-state index is -4.45. The molecule has 0 unspecified atom stereocenters. The predicted molar refractivity (Wildman–Crippen MR) is 91.3 cm³/mol. The Morgan fingerprint density at radius 1 is 1.23 bits per heavy atom. The Bertz CT molecular complexity index is 738. The molecule has 2 rings (SSSR count). The number of pyridine rings is 1. The first kappa shape index (κ1) is 19.9. The van der Waals surface area contributed by atoms with Crippen LogP contribution >= 0.6 is 0 Å². The second kappa shape index (κ2) is 8.31.